The van der Waals surface area contributed by atoms with Crippen molar-refractivity contribution in [2.24, 2.45) is 0 Å². The fourth-order valence-corrected chi connectivity index (χ4v) is 3.05. The molecule has 0 amide bonds. The second-order valence-electron chi connectivity index (χ2n) is 6.28. The standard InChI is InChI=1S/C17H18N2O9/c1-7-4-8(21)5-9(22)12(7)16(25)28-14-13(24)10(6-20)27-15(14)19-3-2-11(23)18-17(19)26/h2-5,10,13-15,20-22,24H,6H2,1H3,(H,18,23,26)/t10-,13-,14-,15+/m1/s1. The number of aryl methyl sites for hydroxylation is 1. The van der Waals surface area contributed by atoms with E-state index in [9.17, 15) is 34.8 Å². The summed E-state index contributed by atoms with van der Waals surface area (Å²) in [5, 5.41) is 39.1. The van der Waals surface area contributed by atoms with Gasteiger partial charge in [0.1, 0.15) is 29.3 Å². The third-order valence-electron chi connectivity index (χ3n) is 4.36. The number of aliphatic hydroxyl groups excluding tert-OH is 2. The Morgan fingerprint density at radius 1 is 1.32 bits per heavy atom. The van der Waals surface area contributed by atoms with E-state index >= 15 is 0 Å². The molecule has 4 atom stereocenters. The first-order valence-corrected chi connectivity index (χ1v) is 8.22. The van der Waals surface area contributed by atoms with Gasteiger partial charge in [-0.05, 0) is 18.6 Å². The maximum Gasteiger partial charge on any atom is 0.342 e. The van der Waals surface area contributed by atoms with Crippen molar-refractivity contribution in [3.8, 4) is 11.5 Å². The van der Waals surface area contributed by atoms with Crippen LogP contribution in [-0.4, -0.2) is 60.9 Å². The van der Waals surface area contributed by atoms with Crippen LogP contribution in [0.5, 0.6) is 11.5 Å². The van der Waals surface area contributed by atoms with E-state index in [-0.39, 0.29) is 16.9 Å². The SMILES string of the molecule is Cc1cc(O)cc(O)c1C(=O)O[C@@H]1[C@H](O)[C@@H](CO)O[C@@H]1n1ccc(=O)[nH]c1=O. The van der Waals surface area contributed by atoms with Gasteiger partial charge < -0.3 is 29.9 Å². The zero-order chi connectivity index (χ0) is 20.6. The Kier molecular flexibility index (Phi) is 5.23. The molecule has 1 aromatic carbocycles. The molecule has 11 heteroatoms. The molecule has 11 nitrogen and oxygen atoms in total. The smallest absolute Gasteiger partial charge is 0.342 e. The summed E-state index contributed by atoms with van der Waals surface area (Å²) in [5.41, 5.74) is -1.55. The van der Waals surface area contributed by atoms with Gasteiger partial charge in [-0.15, -0.1) is 0 Å². The highest BCUT2D eigenvalue weighted by molar-refractivity contribution is 5.94. The third-order valence-corrected chi connectivity index (χ3v) is 4.36. The van der Waals surface area contributed by atoms with Gasteiger partial charge in [-0.3, -0.25) is 14.3 Å². The highest BCUT2D eigenvalue weighted by Crippen LogP contribution is 2.33. The molecule has 2 heterocycles. The second-order valence-corrected chi connectivity index (χ2v) is 6.28. The molecule has 3 rings (SSSR count). The molecule has 0 bridgehead atoms. The lowest BCUT2D eigenvalue weighted by atomic mass is 10.1. The number of esters is 1. The summed E-state index contributed by atoms with van der Waals surface area (Å²) >= 11 is 0. The minimum atomic E-state index is -1.49. The van der Waals surface area contributed by atoms with Crippen molar-refractivity contribution in [1.82, 2.24) is 9.55 Å². The minimum absolute atomic E-state index is 0.215. The number of hydrogen-bond donors (Lipinski definition) is 5. The zero-order valence-corrected chi connectivity index (χ0v) is 14.6. The van der Waals surface area contributed by atoms with Crippen molar-refractivity contribution in [3.05, 3.63) is 56.4 Å². The number of aliphatic hydroxyl groups is 2. The van der Waals surface area contributed by atoms with Crippen molar-refractivity contribution in [2.75, 3.05) is 6.61 Å². The molecule has 0 aliphatic carbocycles. The van der Waals surface area contributed by atoms with Gasteiger partial charge in [0.05, 0.1) is 6.61 Å². The van der Waals surface area contributed by atoms with Crippen LogP contribution in [0.1, 0.15) is 22.1 Å². The van der Waals surface area contributed by atoms with Gasteiger partial charge in [0, 0.05) is 18.3 Å². The first-order chi connectivity index (χ1) is 13.2. The number of aromatic hydroxyl groups is 2. The summed E-state index contributed by atoms with van der Waals surface area (Å²) in [6.45, 7) is 0.839. The average molecular weight is 394 g/mol. The highest BCUT2D eigenvalue weighted by atomic mass is 16.6. The number of carbonyl (C=O) groups is 1. The van der Waals surface area contributed by atoms with Gasteiger partial charge in [-0.25, -0.2) is 9.59 Å². The maximum absolute atomic E-state index is 12.6. The van der Waals surface area contributed by atoms with Crippen LogP contribution in [0.4, 0.5) is 0 Å². The molecule has 0 saturated carbocycles. The summed E-state index contributed by atoms with van der Waals surface area (Å²) in [7, 11) is 0. The minimum Gasteiger partial charge on any atom is -0.508 e. The molecule has 0 unspecified atom stereocenters. The topological polar surface area (TPSA) is 171 Å². The number of rotatable bonds is 4. The number of nitrogens with zero attached hydrogens (tertiary/aromatic N) is 1. The van der Waals surface area contributed by atoms with Gasteiger partial charge in [-0.2, -0.15) is 0 Å². The Morgan fingerprint density at radius 3 is 2.64 bits per heavy atom. The second kappa shape index (κ2) is 7.46. The molecule has 1 aliphatic heterocycles. The molecule has 1 saturated heterocycles. The lowest BCUT2D eigenvalue weighted by Gasteiger charge is -2.22. The Balaban J connectivity index is 1.96. The van der Waals surface area contributed by atoms with Crippen LogP contribution in [-0.2, 0) is 9.47 Å². The molecule has 0 spiro atoms. The van der Waals surface area contributed by atoms with Crippen LogP contribution in [0.2, 0.25) is 0 Å². The van der Waals surface area contributed by atoms with Gasteiger partial charge in [0.25, 0.3) is 5.56 Å². The van der Waals surface area contributed by atoms with E-state index in [4.69, 9.17) is 9.47 Å². The average Bonchev–Trinajstić information content (AvgIpc) is 2.90. The van der Waals surface area contributed by atoms with Gasteiger partial charge in [0.2, 0.25) is 0 Å². The number of benzene rings is 1. The lowest BCUT2D eigenvalue weighted by molar-refractivity contribution is -0.0604. The van der Waals surface area contributed by atoms with Gasteiger partial charge in [0.15, 0.2) is 12.3 Å². The van der Waals surface area contributed by atoms with Crippen molar-refractivity contribution in [2.45, 2.75) is 31.5 Å². The number of nitrogens with one attached hydrogen (secondary N) is 1. The van der Waals surface area contributed by atoms with Crippen LogP contribution in [0.15, 0.2) is 34.0 Å². The molecule has 1 aliphatic rings. The number of H-pyrrole nitrogens is 1. The summed E-state index contributed by atoms with van der Waals surface area (Å²) in [6.07, 6.45) is -4.31. The quantitative estimate of drug-likeness (QED) is 0.397. The molecule has 1 fully saturated rings. The van der Waals surface area contributed by atoms with E-state index in [1.807, 2.05) is 4.98 Å². The Labute approximate surface area is 157 Å². The van der Waals surface area contributed by atoms with Gasteiger partial charge in [-0.1, -0.05) is 0 Å². The van der Waals surface area contributed by atoms with Crippen molar-refractivity contribution in [3.63, 3.8) is 0 Å². The van der Waals surface area contributed by atoms with Gasteiger partial charge >= 0.3 is 11.7 Å². The number of aromatic amines is 1. The van der Waals surface area contributed by atoms with Crippen LogP contribution in [0, 0.1) is 6.92 Å². The molecule has 5 N–H and O–H groups in total. The van der Waals surface area contributed by atoms with Crippen molar-refractivity contribution >= 4 is 5.97 Å². The largest absolute Gasteiger partial charge is 0.508 e. The fraction of sp³-hybridized carbons (Fsp3) is 0.353. The van der Waals surface area contributed by atoms with Crippen LogP contribution < -0.4 is 11.2 Å². The Bertz CT molecular complexity index is 989. The number of phenolic OH excluding ortho intramolecular Hbond substituents is 2. The molecule has 1 aromatic heterocycles. The summed E-state index contributed by atoms with van der Waals surface area (Å²) < 4.78 is 11.6. The van der Waals surface area contributed by atoms with Crippen LogP contribution >= 0.6 is 0 Å². The third kappa shape index (κ3) is 3.50. The van der Waals surface area contributed by atoms with E-state index in [2.05, 4.69) is 0 Å². The highest BCUT2D eigenvalue weighted by Gasteiger charge is 2.47. The van der Waals surface area contributed by atoms with E-state index in [0.29, 0.717) is 0 Å². The lowest BCUT2D eigenvalue weighted by Crippen LogP contribution is -2.40. The zero-order valence-electron chi connectivity index (χ0n) is 14.6. The molecular formula is C17H18N2O9. The predicted molar refractivity (Wildman–Crippen MR) is 92.0 cm³/mol. The van der Waals surface area contributed by atoms with E-state index in [0.717, 1.165) is 22.9 Å². The molecule has 2 aromatic rings. The Hall–Kier alpha value is -3.15. The van der Waals surface area contributed by atoms with Crippen LogP contribution in [0.25, 0.3) is 0 Å². The first-order valence-electron chi connectivity index (χ1n) is 8.22. The van der Waals surface area contributed by atoms with Crippen molar-refractivity contribution < 1.29 is 34.7 Å². The molecule has 150 valence electrons. The Morgan fingerprint density at radius 2 is 2.04 bits per heavy atom. The number of ether oxygens (including phenoxy) is 2. The molecule has 0 radical (unpaired) electrons. The van der Waals surface area contributed by atoms with E-state index in [1.165, 1.54) is 13.0 Å². The fourth-order valence-electron chi connectivity index (χ4n) is 3.05. The van der Waals surface area contributed by atoms with Crippen molar-refractivity contribution in [1.29, 1.82) is 0 Å². The molecular weight excluding hydrogens is 376 g/mol. The summed E-state index contributed by atoms with van der Waals surface area (Å²) in [5.74, 6) is -1.83. The molecule has 28 heavy (non-hydrogen) atoms. The normalized spacial score (nSPS) is 24.2. The predicted octanol–water partition coefficient (Wildman–Crippen LogP) is -1.27. The number of carbonyl (C=O) groups excluding carboxylic acids is 1. The maximum atomic E-state index is 12.6. The number of hydrogen-bond acceptors (Lipinski definition) is 9. The van der Waals surface area contributed by atoms with Crippen LogP contribution in [0.3, 0.4) is 0 Å². The monoisotopic (exact) mass is 394 g/mol. The van der Waals surface area contributed by atoms with E-state index < -0.39 is 54.1 Å². The number of aromatic nitrogens is 2. The van der Waals surface area contributed by atoms with E-state index in [1.54, 1.807) is 0 Å². The summed E-state index contributed by atoms with van der Waals surface area (Å²) in [4.78, 5) is 37.9. The summed E-state index contributed by atoms with van der Waals surface area (Å²) in [6, 6.07) is 3.22. The number of phenols is 2. The first kappa shape index (κ1) is 19.6.